The first-order valence-corrected chi connectivity index (χ1v) is 2.42. The molecule has 0 aliphatic heterocycles. The van der Waals surface area contributed by atoms with E-state index in [0.29, 0.717) is 0 Å². The molecule has 0 aromatic heterocycles. The first-order valence-electron chi connectivity index (χ1n) is 1.97. The van der Waals surface area contributed by atoms with Crippen LogP contribution in [0.2, 0.25) is 0 Å². The predicted octanol–water partition coefficient (Wildman–Crippen LogP) is 0.995. The van der Waals surface area contributed by atoms with Gasteiger partial charge >= 0.3 is 0 Å². The van der Waals surface area contributed by atoms with Gasteiger partial charge in [0.05, 0.1) is 0 Å². The number of rotatable bonds is 1. The Hall–Kier alpha value is -0.270. The van der Waals surface area contributed by atoms with Gasteiger partial charge in [0, 0.05) is 0 Å². The van der Waals surface area contributed by atoms with Gasteiger partial charge in [-0.25, -0.2) is 0 Å². The van der Waals surface area contributed by atoms with Crippen LogP contribution < -0.4 is 0 Å². The Morgan fingerprint density at radius 3 is 2.14 bits per heavy atom. The number of nitrogens with zero attached hydrogens (tertiary/aromatic N) is 2. The molecule has 3 heteroatoms. The van der Waals surface area contributed by atoms with Gasteiger partial charge in [0.15, 0.2) is 0 Å². The minimum Gasteiger partial charge on any atom is -0.362 e. The van der Waals surface area contributed by atoms with E-state index in [9.17, 15) is 0 Å². The zero-order valence-corrected chi connectivity index (χ0v) is 5.31. The fourth-order valence-corrected chi connectivity index (χ4v) is 0.193. The van der Waals surface area contributed by atoms with E-state index in [2.05, 4.69) is 17.4 Å². The standard InChI is InChI=1S/C4H8N2S/c1-4(2,7)3-6-5/h3,7H,1-2H3. The Labute approximate surface area is 48.6 Å². The Balaban J connectivity index is 3.80. The third-order valence-electron chi connectivity index (χ3n) is 0.374. The molecule has 0 N–H and O–H groups in total. The monoisotopic (exact) mass is 116 g/mol. The lowest BCUT2D eigenvalue weighted by Crippen LogP contribution is -2.11. The summed E-state index contributed by atoms with van der Waals surface area (Å²) in [7, 11) is 0. The molecule has 0 saturated heterocycles. The van der Waals surface area contributed by atoms with E-state index in [0.717, 1.165) is 0 Å². The minimum absolute atomic E-state index is 0.297. The van der Waals surface area contributed by atoms with Crippen LogP contribution in [0.25, 0.3) is 5.53 Å². The van der Waals surface area contributed by atoms with Crippen LogP contribution in [0, 0.1) is 0 Å². The van der Waals surface area contributed by atoms with Gasteiger partial charge < -0.3 is 5.53 Å². The first kappa shape index (κ1) is 6.73. The molecule has 0 bridgehead atoms. The van der Waals surface area contributed by atoms with Crippen molar-refractivity contribution < 1.29 is 4.79 Å². The minimum atomic E-state index is -0.297. The van der Waals surface area contributed by atoms with Crippen LogP contribution in [-0.4, -0.2) is 15.8 Å². The predicted molar refractivity (Wildman–Crippen MR) is 32.7 cm³/mol. The molecule has 40 valence electrons. The van der Waals surface area contributed by atoms with Gasteiger partial charge in [-0.3, -0.25) is 0 Å². The molecule has 2 nitrogen and oxygen atoms in total. The molecule has 0 saturated carbocycles. The van der Waals surface area contributed by atoms with E-state index in [1.165, 1.54) is 6.21 Å². The van der Waals surface area contributed by atoms with Gasteiger partial charge in [0.2, 0.25) is 0 Å². The molecule has 0 spiro atoms. The summed E-state index contributed by atoms with van der Waals surface area (Å²) in [6.07, 6.45) is 1.36. The van der Waals surface area contributed by atoms with Crippen LogP contribution >= 0.6 is 12.6 Å². The Bertz CT molecular complexity index is 96.7. The highest BCUT2D eigenvalue weighted by atomic mass is 32.1. The largest absolute Gasteiger partial charge is 0.362 e. The molecule has 0 aromatic carbocycles. The highest BCUT2D eigenvalue weighted by molar-refractivity contribution is 7.82. The van der Waals surface area contributed by atoms with E-state index in [-0.39, 0.29) is 4.75 Å². The second-order valence-electron chi connectivity index (χ2n) is 1.90. The Morgan fingerprint density at radius 1 is 1.71 bits per heavy atom. The fourth-order valence-electron chi connectivity index (χ4n) is 0.141. The second-order valence-corrected chi connectivity index (χ2v) is 3.05. The molecule has 0 fully saturated rings. The van der Waals surface area contributed by atoms with Crippen LogP contribution in [-0.2, 0) is 0 Å². The van der Waals surface area contributed by atoms with Gasteiger partial charge in [-0.05, 0) is 13.8 Å². The van der Waals surface area contributed by atoms with Crippen molar-refractivity contribution in [1.29, 1.82) is 0 Å². The summed E-state index contributed by atoms with van der Waals surface area (Å²) in [6.45, 7) is 3.66. The van der Waals surface area contributed by atoms with Crippen molar-refractivity contribution in [2.24, 2.45) is 0 Å². The van der Waals surface area contributed by atoms with Crippen molar-refractivity contribution in [3.8, 4) is 0 Å². The summed E-state index contributed by atoms with van der Waals surface area (Å²) in [5.74, 6) is 0. The van der Waals surface area contributed by atoms with Gasteiger partial charge in [-0.1, -0.05) is 0 Å². The van der Waals surface area contributed by atoms with Crippen LogP contribution in [0.3, 0.4) is 0 Å². The van der Waals surface area contributed by atoms with Gasteiger partial charge in [-0.2, -0.15) is 17.4 Å². The third-order valence-corrected chi connectivity index (χ3v) is 0.489. The van der Waals surface area contributed by atoms with E-state index in [4.69, 9.17) is 5.53 Å². The summed E-state index contributed by atoms with van der Waals surface area (Å²) in [5, 5.41) is 0. The highest BCUT2D eigenvalue weighted by Gasteiger charge is 2.11. The van der Waals surface area contributed by atoms with E-state index >= 15 is 0 Å². The summed E-state index contributed by atoms with van der Waals surface area (Å²) in [4.78, 5) is 2.81. The summed E-state index contributed by atoms with van der Waals surface area (Å²) in [6, 6.07) is 0. The topological polar surface area (TPSA) is 36.4 Å². The normalized spacial score (nSPS) is 10.1. The molecule has 0 heterocycles. The van der Waals surface area contributed by atoms with Crippen molar-refractivity contribution in [2.75, 3.05) is 0 Å². The van der Waals surface area contributed by atoms with Crippen LogP contribution in [0.15, 0.2) is 0 Å². The smallest absolute Gasteiger partial charge is 0.272 e. The lowest BCUT2D eigenvalue weighted by molar-refractivity contribution is -0.000619. The lowest BCUT2D eigenvalue weighted by Gasteiger charge is -1.99. The summed E-state index contributed by atoms with van der Waals surface area (Å²) < 4.78 is -0.297. The first-order chi connectivity index (χ1) is 3.06. The molecular weight excluding hydrogens is 108 g/mol. The molecule has 0 aromatic rings. The quantitative estimate of drug-likeness (QED) is 0.229. The average Bonchev–Trinajstić information content (AvgIpc) is 1.30. The molecule has 0 amide bonds. The Morgan fingerprint density at radius 2 is 2.14 bits per heavy atom. The van der Waals surface area contributed by atoms with Crippen molar-refractivity contribution in [2.45, 2.75) is 18.6 Å². The molecule has 0 aliphatic rings. The highest BCUT2D eigenvalue weighted by Crippen LogP contribution is 2.05. The van der Waals surface area contributed by atoms with Crippen LogP contribution in [0.5, 0.6) is 0 Å². The number of hydrogen-bond acceptors (Lipinski definition) is 1. The van der Waals surface area contributed by atoms with E-state index in [1.807, 2.05) is 13.8 Å². The van der Waals surface area contributed by atoms with Crippen molar-refractivity contribution >= 4 is 18.8 Å². The summed E-state index contributed by atoms with van der Waals surface area (Å²) in [5.41, 5.74) is 7.92. The molecule has 0 aliphatic carbocycles. The molecule has 7 heavy (non-hydrogen) atoms. The second kappa shape index (κ2) is 2.15. The van der Waals surface area contributed by atoms with Gasteiger partial charge in [0.25, 0.3) is 6.21 Å². The van der Waals surface area contributed by atoms with Gasteiger partial charge in [-0.15, -0.1) is 0 Å². The number of thiol groups is 1. The molecular formula is C4H8N2S. The third kappa shape index (κ3) is 5.73. The maximum atomic E-state index is 7.92. The lowest BCUT2D eigenvalue weighted by atomic mass is 10.2. The molecule has 0 radical (unpaired) electrons. The van der Waals surface area contributed by atoms with Crippen molar-refractivity contribution in [1.82, 2.24) is 0 Å². The SMILES string of the molecule is CC(C)(S)C=[N+]=[N-]. The van der Waals surface area contributed by atoms with Crippen molar-refractivity contribution in [3.63, 3.8) is 0 Å². The zero-order valence-electron chi connectivity index (χ0n) is 4.42. The number of hydrogen-bond donors (Lipinski definition) is 1. The molecule has 0 rings (SSSR count). The Kier molecular flexibility index (Phi) is 2.06. The maximum absolute atomic E-state index is 7.92. The summed E-state index contributed by atoms with van der Waals surface area (Å²) >= 11 is 4.03. The van der Waals surface area contributed by atoms with E-state index < -0.39 is 0 Å². The van der Waals surface area contributed by atoms with Gasteiger partial charge in [0.1, 0.15) is 4.75 Å². The average molecular weight is 116 g/mol. The molecule has 0 unspecified atom stereocenters. The van der Waals surface area contributed by atoms with Crippen LogP contribution in [0.4, 0.5) is 0 Å². The molecule has 0 atom stereocenters. The van der Waals surface area contributed by atoms with Crippen molar-refractivity contribution in [3.05, 3.63) is 5.53 Å². The van der Waals surface area contributed by atoms with E-state index in [1.54, 1.807) is 0 Å². The maximum Gasteiger partial charge on any atom is 0.272 e. The fraction of sp³-hybridized carbons (Fsp3) is 0.750. The van der Waals surface area contributed by atoms with Crippen LogP contribution in [0.1, 0.15) is 13.8 Å². The zero-order chi connectivity index (χ0) is 5.91.